The van der Waals surface area contributed by atoms with Crippen molar-refractivity contribution in [2.45, 2.75) is 27.4 Å². The van der Waals surface area contributed by atoms with Gasteiger partial charge in [-0.05, 0) is 13.0 Å². The Morgan fingerprint density at radius 3 is 2.80 bits per heavy atom. The van der Waals surface area contributed by atoms with Crippen LogP contribution in [0.15, 0.2) is 12.3 Å². The monoisotopic (exact) mass is 209 g/mol. The van der Waals surface area contributed by atoms with Crippen LogP contribution in [-0.2, 0) is 16.1 Å². The summed E-state index contributed by atoms with van der Waals surface area (Å²) >= 11 is 0. The highest BCUT2D eigenvalue weighted by molar-refractivity contribution is 5.71. The Bertz CT molecular complexity index is 361. The van der Waals surface area contributed by atoms with Gasteiger partial charge in [-0.25, -0.2) is 0 Å². The van der Waals surface area contributed by atoms with Crippen LogP contribution < -0.4 is 0 Å². The van der Waals surface area contributed by atoms with Gasteiger partial charge in [-0.2, -0.15) is 0 Å². The summed E-state index contributed by atoms with van der Waals surface area (Å²) in [5, 5.41) is 9.37. The topological polar surface area (TPSA) is 59.4 Å². The number of nitrogens with zero attached hydrogens (tertiary/aromatic N) is 1. The van der Waals surface area contributed by atoms with E-state index < -0.39 is 0 Å². The summed E-state index contributed by atoms with van der Waals surface area (Å²) < 4.78 is 4.99. The van der Waals surface area contributed by atoms with Crippen molar-refractivity contribution >= 4 is 5.97 Å². The molecule has 1 aromatic heterocycles. The largest absolute Gasteiger partial charge is 0.506 e. The van der Waals surface area contributed by atoms with E-state index in [1.54, 1.807) is 33.0 Å². The minimum absolute atomic E-state index is 0.119. The van der Waals surface area contributed by atoms with Crippen molar-refractivity contribution in [3.8, 4) is 5.75 Å². The molecule has 0 bridgehead atoms. The third-order valence-corrected chi connectivity index (χ3v) is 1.97. The molecule has 0 atom stereocenters. The Morgan fingerprint density at radius 1 is 1.60 bits per heavy atom. The molecule has 0 spiro atoms. The predicted octanol–water partition coefficient (Wildman–Crippen LogP) is 1.79. The van der Waals surface area contributed by atoms with E-state index >= 15 is 0 Å². The van der Waals surface area contributed by atoms with Gasteiger partial charge in [-0.3, -0.25) is 9.78 Å². The summed E-state index contributed by atoms with van der Waals surface area (Å²) in [5.41, 5.74) is 1.25. The highest BCUT2D eigenvalue weighted by Crippen LogP contribution is 2.15. The van der Waals surface area contributed by atoms with E-state index in [0.717, 1.165) is 0 Å². The molecule has 1 N–H and O–H groups in total. The van der Waals surface area contributed by atoms with Crippen LogP contribution in [0.5, 0.6) is 5.75 Å². The quantitative estimate of drug-likeness (QED) is 0.771. The summed E-state index contributed by atoms with van der Waals surface area (Å²) in [7, 11) is 0. The second kappa shape index (κ2) is 4.77. The molecule has 0 fully saturated rings. The molecule has 4 heteroatoms. The van der Waals surface area contributed by atoms with Gasteiger partial charge in [0.2, 0.25) is 0 Å². The smallest absolute Gasteiger partial charge is 0.308 e. The number of pyridine rings is 1. The first-order valence-corrected chi connectivity index (χ1v) is 4.82. The molecule has 0 aliphatic heterocycles. The lowest BCUT2D eigenvalue weighted by molar-refractivity contribution is -0.148. The Morgan fingerprint density at radius 2 is 2.27 bits per heavy atom. The van der Waals surface area contributed by atoms with Gasteiger partial charge in [0, 0.05) is 11.8 Å². The van der Waals surface area contributed by atoms with E-state index in [1.807, 2.05) is 0 Å². The molecule has 0 amide bonds. The fourth-order valence-corrected chi connectivity index (χ4v) is 0.963. The predicted molar refractivity (Wildman–Crippen MR) is 55.3 cm³/mol. The van der Waals surface area contributed by atoms with Crippen LogP contribution in [-0.4, -0.2) is 16.1 Å². The maximum absolute atomic E-state index is 11.2. The van der Waals surface area contributed by atoms with E-state index in [0.29, 0.717) is 11.3 Å². The third-order valence-electron chi connectivity index (χ3n) is 1.97. The zero-order valence-electron chi connectivity index (χ0n) is 9.15. The number of aromatic nitrogens is 1. The second-order valence-corrected chi connectivity index (χ2v) is 3.71. The number of hydrogen-bond acceptors (Lipinski definition) is 4. The van der Waals surface area contributed by atoms with Gasteiger partial charge in [0.25, 0.3) is 0 Å². The molecule has 0 unspecified atom stereocenters. The molecule has 0 saturated carbocycles. The van der Waals surface area contributed by atoms with Gasteiger partial charge >= 0.3 is 5.97 Å². The lowest BCUT2D eigenvalue weighted by Gasteiger charge is -2.07. The third kappa shape index (κ3) is 3.23. The number of ether oxygens (including phenoxy) is 1. The zero-order chi connectivity index (χ0) is 11.4. The average Bonchev–Trinajstić information content (AvgIpc) is 2.19. The van der Waals surface area contributed by atoms with Gasteiger partial charge in [-0.1, -0.05) is 13.8 Å². The van der Waals surface area contributed by atoms with Crippen molar-refractivity contribution in [3.63, 3.8) is 0 Å². The van der Waals surface area contributed by atoms with Gasteiger partial charge < -0.3 is 9.84 Å². The lowest BCUT2D eigenvalue weighted by atomic mass is 10.2. The molecular formula is C11H15NO3. The van der Waals surface area contributed by atoms with Crippen LogP contribution in [0.2, 0.25) is 0 Å². The van der Waals surface area contributed by atoms with Crippen molar-refractivity contribution in [1.29, 1.82) is 0 Å². The van der Waals surface area contributed by atoms with Crippen molar-refractivity contribution in [3.05, 3.63) is 23.5 Å². The number of hydrogen-bond donors (Lipinski definition) is 1. The molecule has 0 radical (unpaired) electrons. The van der Waals surface area contributed by atoms with Crippen LogP contribution in [0.4, 0.5) is 0 Å². The van der Waals surface area contributed by atoms with Crippen molar-refractivity contribution in [1.82, 2.24) is 4.98 Å². The van der Waals surface area contributed by atoms with Crippen molar-refractivity contribution in [2.24, 2.45) is 5.92 Å². The summed E-state index contributed by atoms with van der Waals surface area (Å²) in [6.45, 7) is 5.40. The molecule has 1 rings (SSSR count). The van der Waals surface area contributed by atoms with E-state index in [-0.39, 0.29) is 24.2 Å². The minimum atomic E-state index is -0.255. The van der Waals surface area contributed by atoms with E-state index in [2.05, 4.69) is 4.98 Å². The number of carbonyl (C=O) groups excluding carboxylic acids is 1. The van der Waals surface area contributed by atoms with E-state index in [1.165, 1.54) is 0 Å². The van der Waals surface area contributed by atoms with Crippen molar-refractivity contribution < 1.29 is 14.6 Å². The summed E-state index contributed by atoms with van der Waals surface area (Å²) in [6.07, 6.45) is 1.59. The summed E-state index contributed by atoms with van der Waals surface area (Å²) in [4.78, 5) is 15.1. The molecule has 0 saturated heterocycles. The van der Waals surface area contributed by atoms with E-state index in [4.69, 9.17) is 4.74 Å². The minimum Gasteiger partial charge on any atom is -0.506 e. The first kappa shape index (κ1) is 11.5. The molecule has 0 aromatic carbocycles. The molecule has 0 aliphatic carbocycles. The second-order valence-electron chi connectivity index (χ2n) is 3.71. The Balaban J connectivity index is 2.58. The summed E-state index contributed by atoms with van der Waals surface area (Å²) in [6, 6.07) is 1.55. The lowest BCUT2D eigenvalue weighted by Crippen LogP contribution is -2.11. The first-order valence-electron chi connectivity index (χ1n) is 4.82. The average molecular weight is 209 g/mol. The number of esters is 1. The van der Waals surface area contributed by atoms with E-state index in [9.17, 15) is 9.90 Å². The highest BCUT2D eigenvalue weighted by Gasteiger charge is 2.08. The standard InChI is InChI=1S/C11H15NO3/c1-7(2)11(14)15-6-9-4-10(13)8(3)12-5-9/h4-5,7,13H,6H2,1-3H3. The number of aromatic hydroxyl groups is 1. The van der Waals surface area contributed by atoms with Gasteiger partial charge in [0.05, 0.1) is 11.6 Å². The molecule has 4 nitrogen and oxygen atoms in total. The molecule has 15 heavy (non-hydrogen) atoms. The molecule has 82 valence electrons. The Hall–Kier alpha value is -1.58. The number of aryl methyl sites for hydroxylation is 1. The molecular weight excluding hydrogens is 194 g/mol. The summed E-state index contributed by atoms with van der Waals surface area (Å²) in [5.74, 6) is -0.278. The highest BCUT2D eigenvalue weighted by atomic mass is 16.5. The normalized spacial score (nSPS) is 10.4. The maximum Gasteiger partial charge on any atom is 0.308 e. The van der Waals surface area contributed by atoms with Crippen LogP contribution >= 0.6 is 0 Å². The SMILES string of the molecule is Cc1ncc(COC(=O)C(C)C)cc1O. The fraction of sp³-hybridized carbons (Fsp3) is 0.455. The fourth-order valence-electron chi connectivity index (χ4n) is 0.963. The van der Waals surface area contributed by atoms with Crippen LogP contribution in [0.1, 0.15) is 25.1 Å². The maximum atomic E-state index is 11.2. The first-order chi connectivity index (χ1) is 7.00. The Labute approximate surface area is 88.9 Å². The van der Waals surface area contributed by atoms with Crippen LogP contribution in [0.25, 0.3) is 0 Å². The van der Waals surface area contributed by atoms with Crippen LogP contribution in [0, 0.1) is 12.8 Å². The number of rotatable bonds is 3. The van der Waals surface area contributed by atoms with Crippen molar-refractivity contribution in [2.75, 3.05) is 0 Å². The van der Waals surface area contributed by atoms with Crippen LogP contribution in [0.3, 0.4) is 0 Å². The zero-order valence-corrected chi connectivity index (χ0v) is 9.15. The van der Waals surface area contributed by atoms with Gasteiger partial charge in [0.15, 0.2) is 0 Å². The Kier molecular flexibility index (Phi) is 3.66. The number of carbonyl (C=O) groups is 1. The molecule has 1 aromatic rings. The molecule has 1 heterocycles. The van der Waals surface area contributed by atoms with Gasteiger partial charge in [0.1, 0.15) is 12.4 Å². The van der Waals surface area contributed by atoms with Gasteiger partial charge in [-0.15, -0.1) is 0 Å². The molecule has 0 aliphatic rings.